The van der Waals surface area contributed by atoms with Crippen LogP contribution in [0.4, 0.5) is 5.69 Å². The zero-order valence-corrected chi connectivity index (χ0v) is 22.2. The molecule has 0 fully saturated rings. The van der Waals surface area contributed by atoms with Crippen LogP contribution < -0.4 is 10.1 Å². The van der Waals surface area contributed by atoms with E-state index < -0.39 is 17.8 Å². The molecular formula is C30H41NO6. The molecule has 1 amide bonds. The summed E-state index contributed by atoms with van der Waals surface area (Å²) in [6.45, 7) is 2.72. The van der Waals surface area contributed by atoms with Gasteiger partial charge in [0.05, 0.1) is 36.1 Å². The Morgan fingerprint density at radius 1 is 0.784 bits per heavy atom. The largest absolute Gasteiger partial charge is 0.491 e. The minimum atomic E-state index is -1.20. The molecule has 2 aromatic carbocycles. The number of ether oxygens (including phenoxy) is 2. The summed E-state index contributed by atoms with van der Waals surface area (Å²) in [7, 11) is 1.28. The first kappa shape index (κ1) is 29.9. The van der Waals surface area contributed by atoms with Gasteiger partial charge in [-0.1, -0.05) is 89.7 Å². The molecule has 0 spiro atoms. The number of carbonyl (C=O) groups excluding carboxylic acids is 2. The third kappa shape index (κ3) is 10.7. The Hall–Kier alpha value is -3.35. The number of nitrogens with one attached hydrogen (secondary N) is 1. The number of aromatic carboxylic acids is 1. The van der Waals surface area contributed by atoms with Crippen LogP contribution in [-0.2, 0) is 4.74 Å². The number of carbonyl (C=O) groups is 3. The van der Waals surface area contributed by atoms with Crippen molar-refractivity contribution in [3.8, 4) is 5.75 Å². The SMILES string of the molecule is CCCCCCCCCCCCCCOc1ccc(C(=O)OC)cc1NC(=O)c1ccccc1C(=O)O. The first-order valence-corrected chi connectivity index (χ1v) is 13.5. The third-order valence-electron chi connectivity index (χ3n) is 6.31. The van der Waals surface area contributed by atoms with Crippen molar-refractivity contribution in [3.63, 3.8) is 0 Å². The highest BCUT2D eigenvalue weighted by atomic mass is 16.5. The van der Waals surface area contributed by atoms with E-state index in [9.17, 15) is 19.5 Å². The van der Waals surface area contributed by atoms with Gasteiger partial charge in [-0.3, -0.25) is 4.79 Å². The molecule has 0 aliphatic heterocycles. The van der Waals surface area contributed by atoms with Crippen LogP contribution in [0.3, 0.4) is 0 Å². The lowest BCUT2D eigenvalue weighted by molar-refractivity contribution is 0.0599. The summed E-state index contributed by atoms with van der Waals surface area (Å²) in [5, 5.41) is 12.1. The molecule has 0 atom stereocenters. The Morgan fingerprint density at radius 3 is 1.92 bits per heavy atom. The smallest absolute Gasteiger partial charge is 0.337 e. The number of benzene rings is 2. The predicted octanol–water partition coefficient (Wildman–Crippen LogP) is 7.50. The van der Waals surface area contributed by atoms with E-state index in [1.807, 2.05) is 0 Å². The number of hydrogen-bond donors (Lipinski definition) is 2. The molecule has 0 saturated carbocycles. The van der Waals surface area contributed by atoms with Crippen LogP contribution >= 0.6 is 0 Å². The summed E-state index contributed by atoms with van der Waals surface area (Å²) in [5.41, 5.74) is 0.447. The van der Waals surface area contributed by atoms with Crippen LogP contribution in [0.1, 0.15) is 115 Å². The molecule has 2 aromatic rings. The first-order chi connectivity index (χ1) is 18.0. The number of rotatable bonds is 18. The molecule has 0 radical (unpaired) electrons. The Kier molecular flexibility index (Phi) is 13.9. The molecule has 202 valence electrons. The van der Waals surface area contributed by atoms with Crippen LogP contribution in [0.15, 0.2) is 42.5 Å². The van der Waals surface area contributed by atoms with Gasteiger partial charge in [-0.15, -0.1) is 0 Å². The van der Waals surface area contributed by atoms with E-state index in [4.69, 9.17) is 9.47 Å². The summed E-state index contributed by atoms with van der Waals surface area (Å²) >= 11 is 0. The molecular weight excluding hydrogens is 470 g/mol. The number of amides is 1. The zero-order chi connectivity index (χ0) is 26.9. The molecule has 0 aliphatic carbocycles. The Bertz CT molecular complexity index is 1000. The van der Waals surface area contributed by atoms with Gasteiger partial charge < -0.3 is 19.9 Å². The predicted molar refractivity (Wildman–Crippen MR) is 146 cm³/mol. The van der Waals surface area contributed by atoms with Gasteiger partial charge in [0.25, 0.3) is 5.91 Å². The second-order valence-corrected chi connectivity index (χ2v) is 9.24. The van der Waals surface area contributed by atoms with Gasteiger partial charge in [0, 0.05) is 0 Å². The second-order valence-electron chi connectivity index (χ2n) is 9.24. The Labute approximate surface area is 220 Å². The van der Waals surface area contributed by atoms with Crippen LogP contribution in [0, 0.1) is 0 Å². The summed E-state index contributed by atoms with van der Waals surface area (Å²) in [6.07, 6.45) is 15.0. The molecule has 0 bridgehead atoms. The molecule has 2 N–H and O–H groups in total. The lowest BCUT2D eigenvalue weighted by Gasteiger charge is -2.14. The molecule has 0 aliphatic rings. The fraction of sp³-hybridized carbons (Fsp3) is 0.500. The highest BCUT2D eigenvalue weighted by Crippen LogP contribution is 2.28. The minimum Gasteiger partial charge on any atom is -0.491 e. The van der Waals surface area contributed by atoms with Gasteiger partial charge >= 0.3 is 11.9 Å². The summed E-state index contributed by atoms with van der Waals surface area (Å²) in [4.78, 5) is 36.4. The number of unbranched alkanes of at least 4 members (excludes halogenated alkanes) is 11. The van der Waals surface area contributed by atoms with E-state index in [0.717, 1.165) is 19.3 Å². The highest BCUT2D eigenvalue weighted by molar-refractivity contribution is 6.11. The molecule has 7 heteroatoms. The van der Waals surface area contributed by atoms with E-state index in [2.05, 4.69) is 12.2 Å². The van der Waals surface area contributed by atoms with Crippen molar-refractivity contribution in [2.75, 3.05) is 19.0 Å². The van der Waals surface area contributed by atoms with E-state index in [-0.39, 0.29) is 22.4 Å². The monoisotopic (exact) mass is 511 g/mol. The average molecular weight is 512 g/mol. The number of hydrogen-bond acceptors (Lipinski definition) is 5. The number of anilines is 1. The number of carboxylic acid groups (broad SMARTS) is 1. The average Bonchev–Trinajstić information content (AvgIpc) is 2.91. The summed E-state index contributed by atoms with van der Waals surface area (Å²) < 4.78 is 10.7. The van der Waals surface area contributed by atoms with E-state index >= 15 is 0 Å². The van der Waals surface area contributed by atoms with Crippen LogP contribution in [0.5, 0.6) is 5.75 Å². The van der Waals surface area contributed by atoms with Crippen molar-refractivity contribution in [2.45, 2.75) is 84.0 Å². The quantitative estimate of drug-likeness (QED) is 0.159. The Balaban J connectivity index is 1.86. The zero-order valence-electron chi connectivity index (χ0n) is 22.2. The topological polar surface area (TPSA) is 102 Å². The molecule has 0 aromatic heterocycles. The molecule has 0 heterocycles. The van der Waals surface area contributed by atoms with E-state index in [1.165, 1.54) is 83.1 Å². The normalized spacial score (nSPS) is 10.6. The van der Waals surface area contributed by atoms with Crippen molar-refractivity contribution in [3.05, 3.63) is 59.2 Å². The van der Waals surface area contributed by atoms with Crippen LogP contribution in [-0.4, -0.2) is 36.7 Å². The molecule has 7 nitrogen and oxygen atoms in total. The van der Waals surface area contributed by atoms with Gasteiger partial charge in [-0.25, -0.2) is 9.59 Å². The maximum Gasteiger partial charge on any atom is 0.337 e. The van der Waals surface area contributed by atoms with Crippen LogP contribution in [0.25, 0.3) is 0 Å². The molecule has 2 rings (SSSR count). The first-order valence-electron chi connectivity index (χ1n) is 13.5. The maximum atomic E-state index is 12.9. The lowest BCUT2D eigenvalue weighted by atomic mass is 10.1. The number of esters is 1. The van der Waals surface area contributed by atoms with Crippen molar-refractivity contribution >= 4 is 23.5 Å². The highest BCUT2D eigenvalue weighted by Gasteiger charge is 2.18. The van der Waals surface area contributed by atoms with E-state index in [1.54, 1.807) is 24.3 Å². The lowest BCUT2D eigenvalue weighted by Crippen LogP contribution is -2.17. The van der Waals surface area contributed by atoms with Crippen molar-refractivity contribution in [1.29, 1.82) is 0 Å². The van der Waals surface area contributed by atoms with Crippen molar-refractivity contribution < 1.29 is 29.0 Å². The fourth-order valence-corrected chi connectivity index (χ4v) is 4.18. The number of methoxy groups -OCH3 is 1. The van der Waals surface area contributed by atoms with Crippen molar-refractivity contribution in [1.82, 2.24) is 0 Å². The molecule has 0 unspecified atom stereocenters. The molecule has 0 saturated heterocycles. The van der Waals surface area contributed by atoms with Gasteiger partial charge in [0.15, 0.2) is 0 Å². The van der Waals surface area contributed by atoms with Crippen molar-refractivity contribution in [2.24, 2.45) is 0 Å². The van der Waals surface area contributed by atoms with Gasteiger partial charge in [0.1, 0.15) is 5.75 Å². The summed E-state index contributed by atoms with van der Waals surface area (Å²) in [5.74, 6) is -1.93. The summed E-state index contributed by atoms with van der Waals surface area (Å²) in [6, 6.07) is 10.6. The van der Waals surface area contributed by atoms with E-state index in [0.29, 0.717) is 12.4 Å². The van der Waals surface area contributed by atoms with Crippen LogP contribution in [0.2, 0.25) is 0 Å². The van der Waals surface area contributed by atoms with Gasteiger partial charge in [-0.05, 0) is 36.8 Å². The maximum absolute atomic E-state index is 12.9. The Morgan fingerprint density at radius 2 is 1.35 bits per heavy atom. The van der Waals surface area contributed by atoms with Gasteiger partial charge in [-0.2, -0.15) is 0 Å². The standard InChI is InChI=1S/C30H41NO6/c1-3-4-5-6-7-8-9-10-11-12-13-16-21-37-27-20-19-23(30(35)36-2)22-26(27)31-28(32)24-17-14-15-18-25(24)29(33)34/h14-15,17-20,22H,3-13,16,21H2,1-2H3,(H,31,32)(H,33,34). The molecule has 37 heavy (non-hydrogen) atoms. The fourth-order valence-electron chi connectivity index (χ4n) is 4.18. The minimum absolute atomic E-state index is 0.0189. The third-order valence-corrected chi connectivity index (χ3v) is 6.31. The van der Waals surface area contributed by atoms with Gasteiger partial charge in [0.2, 0.25) is 0 Å². The second kappa shape index (κ2) is 17.2. The number of carboxylic acids is 1.